The zero-order valence-corrected chi connectivity index (χ0v) is 9.35. The molecule has 0 aliphatic carbocycles. The van der Waals surface area contributed by atoms with Gasteiger partial charge in [-0.1, -0.05) is 25.0 Å². The SMILES string of the molecule is CCCC(C)(O)CNCC=C(C)C. The van der Waals surface area contributed by atoms with Crippen molar-refractivity contribution in [2.24, 2.45) is 0 Å². The lowest BCUT2D eigenvalue weighted by Crippen LogP contribution is -2.37. The summed E-state index contributed by atoms with van der Waals surface area (Å²) in [5.74, 6) is 0. The van der Waals surface area contributed by atoms with E-state index in [0.29, 0.717) is 6.54 Å². The van der Waals surface area contributed by atoms with Crippen molar-refractivity contribution in [3.8, 4) is 0 Å². The maximum Gasteiger partial charge on any atom is 0.0743 e. The Morgan fingerprint density at radius 2 is 2.08 bits per heavy atom. The van der Waals surface area contributed by atoms with E-state index in [0.717, 1.165) is 19.4 Å². The quantitative estimate of drug-likeness (QED) is 0.490. The van der Waals surface area contributed by atoms with Gasteiger partial charge in [-0.25, -0.2) is 0 Å². The Hall–Kier alpha value is -0.340. The third-order valence-corrected chi connectivity index (χ3v) is 1.95. The highest BCUT2D eigenvalue weighted by atomic mass is 16.3. The van der Waals surface area contributed by atoms with Crippen molar-refractivity contribution < 1.29 is 5.11 Å². The van der Waals surface area contributed by atoms with Crippen LogP contribution in [-0.4, -0.2) is 23.8 Å². The second kappa shape index (κ2) is 6.17. The van der Waals surface area contributed by atoms with Gasteiger partial charge in [-0.05, 0) is 27.2 Å². The minimum Gasteiger partial charge on any atom is -0.389 e. The van der Waals surface area contributed by atoms with Crippen molar-refractivity contribution in [2.75, 3.05) is 13.1 Å². The van der Waals surface area contributed by atoms with Gasteiger partial charge in [0.25, 0.3) is 0 Å². The first kappa shape index (κ1) is 12.7. The third-order valence-electron chi connectivity index (χ3n) is 1.95. The Labute approximate surface area is 82.0 Å². The fraction of sp³-hybridized carbons (Fsp3) is 0.818. The van der Waals surface area contributed by atoms with Gasteiger partial charge in [0.2, 0.25) is 0 Å². The van der Waals surface area contributed by atoms with E-state index in [-0.39, 0.29) is 0 Å². The summed E-state index contributed by atoms with van der Waals surface area (Å²) in [6.07, 6.45) is 4.01. The van der Waals surface area contributed by atoms with Crippen LogP contribution in [0.2, 0.25) is 0 Å². The van der Waals surface area contributed by atoms with Gasteiger partial charge in [0.15, 0.2) is 0 Å². The standard InChI is InChI=1S/C11H23NO/c1-5-7-11(4,13)9-12-8-6-10(2)3/h6,12-13H,5,7-9H2,1-4H3. The predicted octanol–water partition coefficient (Wildman–Crippen LogP) is 2.09. The van der Waals surface area contributed by atoms with Crippen LogP contribution in [0.25, 0.3) is 0 Å². The molecule has 0 fully saturated rings. The van der Waals surface area contributed by atoms with Crippen molar-refractivity contribution in [3.63, 3.8) is 0 Å². The summed E-state index contributed by atoms with van der Waals surface area (Å²) >= 11 is 0. The Morgan fingerprint density at radius 3 is 2.54 bits per heavy atom. The van der Waals surface area contributed by atoms with E-state index in [1.165, 1.54) is 5.57 Å². The fourth-order valence-electron chi connectivity index (χ4n) is 1.24. The molecule has 0 aromatic carbocycles. The molecule has 2 N–H and O–H groups in total. The second-order valence-electron chi connectivity index (χ2n) is 4.16. The van der Waals surface area contributed by atoms with Crippen molar-refractivity contribution in [3.05, 3.63) is 11.6 Å². The molecule has 0 spiro atoms. The van der Waals surface area contributed by atoms with Crippen molar-refractivity contribution in [2.45, 2.75) is 46.1 Å². The predicted molar refractivity (Wildman–Crippen MR) is 57.8 cm³/mol. The molecule has 0 aromatic rings. The number of aliphatic hydroxyl groups is 1. The molecule has 2 heteroatoms. The van der Waals surface area contributed by atoms with E-state index in [1.807, 2.05) is 6.92 Å². The van der Waals surface area contributed by atoms with Crippen LogP contribution in [-0.2, 0) is 0 Å². The lowest BCUT2D eigenvalue weighted by Gasteiger charge is -2.22. The first-order valence-corrected chi connectivity index (χ1v) is 5.04. The largest absolute Gasteiger partial charge is 0.389 e. The lowest BCUT2D eigenvalue weighted by atomic mass is 10.0. The summed E-state index contributed by atoms with van der Waals surface area (Å²) in [6, 6.07) is 0. The van der Waals surface area contributed by atoms with Crippen molar-refractivity contribution in [1.82, 2.24) is 5.32 Å². The van der Waals surface area contributed by atoms with E-state index >= 15 is 0 Å². The number of allylic oxidation sites excluding steroid dienone is 1. The summed E-state index contributed by atoms with van der Waals surface area (Å²) in [6.45, 7) is 9.64. The van der Waals surface area contributed by atoms with E-state index in [4.69, 9.17) is 0 Å². The molecule has 0 heterocycles. The Balaban J connectivity index is 3.57. The second-order valence-corrected chi connectivity index (χ2v) is 4.16. The van der Waals surface area contributed by atoms with Crippen molar-refractivity contribution in [1.29, 1.82) is 0 Å². The molecule has 0 amide bonds. The van der Waals surface area contributed by atoms with Crippen LogP contribution in [0.5, 0.6) is 0 Å². The van der Waals surface area contributed by atoms with Crippen LogP contribution < -0.4 is 5.32 Å². The van der Waals surface area contributed by atoms with Gasteiger partial charge in [0, 0.05) is 13.1 Å². The Morgan fingerprint density at radius 1 is 1.46 bits per heavy atom. The molecule has 0 radical (unpaired) electrons. The van der Waals surface area contributed by atoms with Gasteiger partial charge in [0.1, 0.15) is 0 Å². The van der Waals surface area contributed by atoms with Crippen LogP contribution in [0.1, 0.15) is 40.5 Å². The van der Waals surface area contributed by atoms with Gasteiger partial charge >= 0.3 is 0 Å². The average Bonchev–Trinajstić information content (AvgIpc) is 1.98. The van der Waals surface area contributed by atoms with Crippen LogP contribution >= 0.6 is 0 Å². The van der Waals surface area contributed by atoms with Gasteiger partial charge in [0.05, 0.1) is 5.60 Å². The lowest BCUT2D eigenvalue weighted by molar-refractivity contribution is 0.0511. The molecular weight excluding hydrogens is 162 g/mol. The number of nitrogens with one attached hydrogen (secondary N) is 1. The Bertz CT molecular complexity index is 157. The molecule has 78 valence electrons. The van der Waals surface area contributed by atoms with E-state index in [2.05, 4.69) is 32.2 Å². The van der Waals surface area contributed by atoms with Crippen LogP contribution in [0.4, 0.5) is 0 Å². The molecule has 1 atom stereocenters. The highest BCUT2D eigenvalue weighted by Gasteiger charge is 2.17. The Kier molecular flexibility index (Phi) is 6.00. The van der Waals surface area contributed by atoms with E-state index in [9.17, 15) is 5.11 Å². The van der Waals surface area contributed by atoms with E-state index < -0.39 is 5.60 Å². The third kappa shape index (κ3) is 8.00. The number of hydrogen-bond donors (Lipinski definition) is 2. The number of rotatable bonds is 6. The maximum absolute atomic E-state index is 9.80. The zero-order chi connectivity index (χ0) is 10.3. The monoisotopic (exact) mass is 185 g/mol. The molecular formula is C11H23NO. The molecule has 0 bridgehead atoms. The zero-order valence-electron chi connectivity index (χ0n) is 9.35. The minimum atomic E-state index is -0.551. The molecule has 0 rings (SSSR count). The molecule has 2 nitrogen and oxygen atoms in total. The summed E-state index contributed by atoms with van der Waals surface area (Å²) in [5, 5.41) is 13.0. The smallest absolute Gasteiger partial charge is 0.0743 e. The highest BCUT2D eigenvalue weighted by Crippen LogP contribution is 2.09. The molecule has 0 saturated heterocycles. The fourth-order valence-corrected chi connectivity index (χ4v) is 1.24. The normalized spacial score (nSPS) is 15.2. The first-order chi connectivity index (χ1) is 5.98. The van der Waals surface area contributed by atoms with Gasteiger partial charge < -0.3 is 10.4 Å². The van der Waals surface area contributed by atoms with Gasteiger partial charge in [-0.15, -0.1) is 0 Å². The van der Waals surface area contributed by atoms with Crippen LogP contribution in [0.15, 0.2) is 11.6 Å². The average molecular weight is 185 g/mol. The molecule has 0 aliphatic rings. The molecule has 1 unspecified atom stereocenters. The number of hydrogen-bond acceptors (Lipinski definition) is 2. The molecule has 13 heavy (non-hydrogen) atoms. The molecule has 0 saturated carbocycles. The highest BCUT2D eigenvalue weighted by molar-refractivity contribution is 4.94. The summed E-state index contributed by atoms with van der Waals surface area (Å²) < 4.78 is 0. The summed E-state index contributed by atoms with van der Waals surface area (Å²) in [7, 11) is 0. The summed E-state index contributed by atoms with van der Waals surface area (Å²) in [5.41, 5.74) is 0.757. The molecule has 0 aromatic heterocycles. The van der Waals surface area contributed by atoms with Gasteiger partial charge in [-0.2, -0.15) is 0 Å². The summed E-state index contributed by atoms with van der Waals surface area (Å²) in [4.78, 5) is 0. The van der Waals surface area contributed by atoms with Gasteiger partial charge in [-0.3, -0.25) is 0 Å². The van der Waals surface area contributed by atoms with Crippen LogP contribution in [0, 0.1) is 0 Å². The first-order valence-electron chi connectivity index (χ1n) is 5.04. The van der Waals surface area contributed by atoms with Crippen molar-refractivity contribution >= 4 is 0 Å². The van der Waals surface area contributed by atoms with Crippen LogP contribution in [0.3, 0.4) is 0 Å². The topological polar surface area (TPSA) is 32.3 Å². The maximum atomic E-state index is 9.80. The van der Waals surface area contributed by atoms with E-state index in [1.54, 1.807) is 0 Å². The minimum absolute atomic E-state index is 0.551. The molecule has 0 aliphatic heterocycles.